The van der Waals surface area contributed by atoms with Gasteiger partial charge in [-0.1, -0.05) is 23.7 Å². The molecule has 0 saturated carbocycles. The maximum atomic E-state index is 13.2. The van der Waals surface area contributed by atoms with Crippen LogP contribution >= 0.6 is 23.8 Å². The number of hydrogen-bond donors (Lipinski definition) is 0. The summed E-state index contributed by atoms with van der Waals surface area (Å²) in [7, 11) is 1.99. The fraction of sp³-hybridized carbons (Fsp3) is 0.364. The van der Waals surface area contributed by atoms with E-state index in [1.165, 1.54) is 12.1 Å². The smallest absolute Gasteiger partial charge is 0.199 e. The van der Waals surface area contributed by atoms with Gasteiger partial charge in [-0.25, -0.2) is 9.07 Å². The fourth-order valence-electron chi connectivity index (χ4n) is 3.68. The molecule has 4 rings (SSSR count). The van der Waals surface area contributed by atoms with Gasteiger partial charge in [0.15, 0.2) is 10.6 Å². The van der Waals surface area contributed by atoms with E-state index >= 15 is 0 Å². The highest BCUT2D eigenvalue weighted by Gasteiger charge is 2.21. The minimum absolute atomic E-state index is 0.150. The van der Waals surface area contributed by atoms with Crippen molar-refractivity contribution in [2.75, 3.05) is 13.7 Å². The molecule has 1 fully saturated rings. The van der Waals surface area contributed by atoms with Crippen LogP contribution in [0.15, 0.2) is 48.5 Å². The third-order valence-electron chi connectivity index (χ3n) is 5.18. The van der Waals surface area contributed by atoms with E-state index in [1.54, 1.807) is 12.1 Å². The third kappa shape index (κ3) is 4.98. The largest absolute Gasteiger partial charge is 0.376 e. The van der Waals surface area contributed by atoms with E-state index in [0.29, 0.717) is 29.6 Å². The molecule has 0 radical (unpaired) electrons. The molecule has 1 aromatic heterocycles. The lowest BCUT2D eigenvalue weighted by atomic mass is 10.2. The summed E-state index contributed by atoms with van der Waals surface area (Å²) in [5, 5.41) is 5.50. The molecule has 2 heterocycles. The number of hydrogen-bond acceptors (Lipinski definition) is 4. The van der Waals surface area contributed by atoms with Crippen molar-refractivity contribution >= 4 is 23.8 Å². The molecule has 3 aromatic rings. The van der Waals surface area contributed by atoms with Crippen LogP contribution in [0.2, 0.25) is 5.02 Å². The van der Waals surface area contributed by atoms with Gasteiger partial charge in [-0.15, -0.1) is 0 Å². The molecular weight excluding hydrogens is 423 g/mol. The molecule has 0 amide bonds. The monoisotopic (exact) mass is 446 g/mol. The first-order valence-corrected chi connectivity index (χ1v) is 10.8. The summed E-state index contributed by atoms with van der Waals surface area (Å²) >= 11 is 11.8. The highest BCUT2D eigenvalue weighted by molar-refractivity contribution is 7.71. The standard InChI is InChI=1S/C22H24ClFN4OS/c1-26(13-16-4-10-19(24)11-5-16)15-28-22(30)27(14-20-3-2-12-29-20)21(25-28)17-6-8-18(23)9-7-17/h4-11,20H,2-3,12-15H2,1H3/t20-/m0/s1. The Morgan fingerprint density at radius 2 is 1.93 bits per heavy atom. The lowest BCUT2D eigenvalue weighted by molar-refractivity contribution is 0.0967. The number of halogens is 2. The number of rotatable bonds is 7. The zero-order chi connectivity index (χ0) is 21.1. The molecule has 30 heavy (non-hydrogen) atoms. The van der Waals surface area contributed by atoms with Gasteiger partial charge in [0.05, 0.1) is 19.3 Å². The molecule has 158 valence electrons. The van der Waals surface area contributed by atoms with Crippen LogP contribution < -0.4 is 0 Å². The van der Waals surface area contributed by atoms with E-state index in [1.807, 2.05) is 36.0 Å². The number of benzene rings is 2. The molecule has 0 aliphatic carbocycles. The summed E-state index contributed by atoms with van der Waals surface area (Å²) < 4.78 is 23.5. The summed E-state index contributed by atoms with van der Waals surface area (Å²) in [5.74, 6) is 0.575. The summed E-state index contributed by atoms with van der Waals surface area (Å²) in [5.41, 5.74) is 1.99. The van der Waals surface area contributed by atoms with Gasteiger partial charge >= 0.3 is 0 Å². The molecule has 1 atom stereocenters. The Hall–Kier alpha value is -2.06. The normalized spacial score (nSPS) is 16.5. The van der Waals surface area contributed by atoms with Crippen LogP contribution in [0.25, 0.3) is 11.4 Å². The van der Waals surface area contributed by atoms with E-state index in [-0.39, 0.29) is 11.9 Å². The maximum absolute atomic E-state index is 13.2. The van der Waals surface area contributed by atoms with Gasteiger partial charge in [0.2, 0.25) is 0 Å². The molecule has 1 saturated heterocycles. The van der Waals surface area contributed by atoms with Gasteiger partial charge in [-0.2, -0.15) is 5.10 Å². The zero-order valence-corrected chi connectivity index (χ0v) is 18.4. The zero-order valence-electron chi connectivity index (χ0n) is 16.8. The molecule has 0 unspecified atom stereocenters. The first-order chi connectivity index (χ1) is 14.5. The van der Waals surface area contributed by atoms with Crippen molar-refractivity contribution in [1.82, 2.24) is 19.2 Å². The Bertz CT molecular complexity index is 1040. The van der Waals surface area contributed by atoms with Gasteiger partial charge in [0.1, 0.15) is 5.82 Å². The average Bonchev–Trinajstić information content (AvgIpc) is 3.34. The van der Waals surface area contributed by atoms with Crippen molar-refractivity contribution < 1.29 is 9.13 Å². The summed E-state index contributed by atoms with van der Waals surface area (Å²) in [6.45, 7) is 2.66. The predicted molar refractivity (Wildman–Crippen MR) is 118 cm³/mol. The lowest BCUT2D eigenvalue weighted by Crippen LogP contribution is -2.23. The van der Waals surface area contributed by atoms with E-state index in [4.69, 9.17) is 33.7 Å². The van der Waals surface area contributed by atoms with E-state index in [0.717, 1.165) is 36.4 Å². The fourth-order valence-corrected chi connectivity index (χ4v) is 4.07. The van der Waals surface area contributed by atoms with Crippen molar-refractivity contribution in [3.63, 3.8) is 0 Å². The van der Waals surface area contributed by atoms with Gasteiger partial charge in [-0.3, -0.25) is 9.47 Å². The van der Waals surface area contributed by atoms with Crippen LogP contribution in [-0.2, 0) is 24.5 Å². The topological polar surface area (TPSA) is 35.2 Å². The van der Waals surface area contributed by atoms with Crippen molar-refractivity contribution in [2.24, 2.45) is 0 Å². The predicted octanol–water partition coefficient (Wildman–Crippen LogP) is 5.14. The minimum atomic E-state index is -0.232. The molecule has 0 bridgehead atoms. The molecule has 0 N–H and O–H groups in total. The molecule has 8 heteroatoms. The number of nitrogens with zero attached hydrogens (tertiary/aromatic N) is 4. The van der Waals surface area contributed by atoms with E-state index in [2.05, 4.69) is 9.47 Å². The Morgan fingerprint density at radius 1 is 1.20 bits per heavy atom. The van der Waals surface area contributed by atoms with E-state index < -0.39 is 0 Å². The second kappa shape index (κ2) is 9.39. The van der Waals surface area contributed by atoms with Gasteiger partial charge in [0, 0.05) is 23.7 Å². The van der Waals surface area contributed by atoms with Crippen molar-refractivity contribution in [1.29, 1.82) is 0 Å². The molecule has 1 aliphatic heterocycles. The minimum Gasteiger partial charge on any atom is -0.376 e. The second-order valence-electron chi connectivity index (χ2n) is 7.64. The van der Waals surface area contributed by atoms with Crippen LogP contribution in [0.4, 0.5) is 4.39 Å². The maximum Gasteiger partial charge on any atom is 0.199 e. The molecule has 5 nitrogen and oxygen atoms in total. The first-order valence-electron chi connectivity index (χ1n) is 9.98. The molecule has 1 aliphatic rings. The van der Waals surface area contributed by atoms with Gasteiger partial charge in [-0.05, 0) is 74.1 Å². The summed E-state index contributed by atoms with van der Waals surface area (Å²) in [6.07, 6.45) is 2.25. The second-order valence-corrected chi connectivity index (χ2v) is 8.44. The number of aromatic nitrogens is 3. The van der Waals surface area contributed by atoms with Gasteiger partial charge in [0.25, 0.3) is 0 Å². The van der Waals surface area contributed by atoms with Gasteiger partial charge < -0.3 is 4.74 Å². The lowest BCUT2D eigenvalue weighted by Gasteiger charge is -2.16. The first kappa shape index (κ1) is 21.2. The highest BCUT2D eigenvalue weighted by Crippen LogP contribution is 2.23. The number of ether oxygens (including phenoxy) is 1. The van der Waals surface area contributed by atoms with Crippen LogP contribution in [0.1, 0.15) is 18.4 Å². The molecule has 2 aromatic carbocycles. The average molecular weight is 447 g/mol. The van der Waals surface area contributed by atoms with Crippen molar-refractivity contribution in [2.45, 2.75) is 38.7 Å². The summed E-state index contributed by atoms with van der Waals surface area (Å²) in [4.78, 5) is 2.10. The quantitative estimate of drug-likeness (QED) is 0.470. The Balaban J connectivity index is 1.59. The van der Waals surface area contributed by atoms with Crippen LogP contribution in [0.3, 0.4) is 0 Å². The van der Waals surface area contributed by atoms with Crippen LogP contribution in [0.5, 0.6) is 0 Å². The third-order valence-corrected chi connectivity index (χ3v) is 5.86. The Kier molecular flexibility index (Phi) is 6.63. The summed E-state index contributed by atoms with van der Waals surface area (Å²) in [6, 6.07) is 14.2. The van der Waals surface area contributed by atoms with Crippen molar-refractivity contribution in [3.8, 4) is 11.4 Å². The SMILES string of the molecule is CN(Cc1ccc(F)cc1)Cn1nc(-c2ccc(Cl)cc2)n(C[C@@H]2CCCO2)c1=S. The Morgan fingerprint density at radius 3 is 2.60 bits per heavy atom. The Labute approximate surface area is 185 Å². The molecular formula is C22H24ClFN4OS. The van der Waals surface area contributed by atoms with Crippen molar-refractivity contribution in [3.05, 3.63) is 69.7 Å². The molecule has 0 spiro atoms. The van der Waals surface area contributed by atoms with E-state index in [9.17, 15) is 4.39 Å². The highest BCUT2D eigenvalue weighted by atomic mass is 35.5. The van der Waals surface area contributed by atoms with Crippen LogP contribution in [-0.4, -0.2) is 39.0 Å². The van der Waals surface area contributed by atoms with Crippen LogP contribution in [0, 0.1) is 10.6 Å².